The van der Waals surface area contributed by atoms with Crippen LogP contribution < -0.4 is 15.7 Å². The van der Waals surface area contributed by atoms with Gasteiger partial charge in [-0.25, -0.2) is 8.42 Å². The van der Waals surface area contributed by atoms with E-state index >= 15 is 0 Å². The first kappa shape index (κ1) is 28.0. The van der Waals surface area contributed by atoms with Crippen LogP contribution in [-0.2, 0) is 14.3 Å². The highest BCUT2D eigenvalue weighted by Gasteiger charge is 2.65. The fraction of sp³-hybridized carbons (Fsp3) is 0.613. The molecule has 2 aromatic carbocycles. The summed E-state index contributed by atoms with van der Waals surface area (Å²) >= 11 is 0. The molecule has 1 saturated heterocycles. The van der Waals surface area contributed by atoms with Gasteiger partial charge in [0.2, 0.25) is 0 Å². The molecule has 208 valence electrons. The minimum atomic E-state index is -3.36. The molecule has 0 radical (unpaired) electrons. The molecular formula is C31H45NO4SSi. The zero-order valence-electron chi connectivity index (χ0n) is 23.6. The fourth-order valence-corrected chi connectivity index (χ4v) is 15.3. The minimum Gasteiger partial charge on any atom is -0.403 e. The number of benzene rings is 2. The number of hydrogen-bond donors (Lipinski definition) is 2. The van der Waals surface area contributed by atoms with Crippen LogP contribution >= 0.6 is 0 Å². The van der Waals surface area contributed by atoms with Crippen LogP contribution in [0.5, 0.6) is 0 Å². The third kappa shape index (κ3) is 4.62. The molecule has 2 N–H and O–H groups in total. The summed E-state index contributed by atoms with van der Waals surface area (Å²) in [5.74, 6) is 0.605. The Hall–Kier alpha value is -1.51. The number of sulfone groups is 1. The number of fused-ring (bicyclic) bond motifs is 2. The Balaban J connectivity index is 1.36. The number of hydrogen-bond acceptors (Lipinski definition) is 5. The van der Waals surface area contributed by atoms with Gasteiger partial charge in [-0.05, 0) is 52.4 Å². The summed E-state index contributed by atoms with van der Waals surface area (Å²) in [5, 5.41) is 16.7. The van der Waals surface area contributed by atoms with Gasteiger partial charge in [0.15, 0.2) is 9.84 Å². The molecule has 0 amide bonds. The average Bonchev–Trinajstić information content (AvgIpc) is 3.44. The third-order valence-electron chi connectivity index (χ3n) is 10.3. The summed E-state index contributed by atoms with van der Waals surface area (Å²) in [7, 11) is -6.06. The predicted molar refractivity (Wildman–Crippen MR) is 157 cm³/mol. The molecule has 5 nitrogen and oxygen atoms in total. The summed E-state index contributed by atoms with van der Waals surface area (Å²) in [6.07, 6.45) is 2.65. The average molecular weight is 556 g/mol. The van der Waals surface area contributed by atoms with Crippen molar-refractivity contribution in [2.24, 2.45) is 16.7 Å². The normalized spacial score (nSPS) is 31.1. The van der Waals surface area contributed by atoms with Gasteiger partial charge in [0.05, 0.1) is 23.7 Å². The van der Waals surface area contributed by atoms with Crippen molar-refractivity contribution in [3.05, 3.63) is 60.7 Å². The maximum atomic E-state index is 13.6. The van der Waals surface area contributed by atoms with E-state index in [1.807, 2.05) is 12.1 Å². The molecule has 1 heterocycles. The summed E-state index contributed by atoms with van der Waals surface area (Å²) in [5.41, 5.74) is -0.655. The SMILES string of the molecule is CC1(C)C2CCC1(CS(=O)(=O)C[C@@H]1C[C@@H](O[Si](c3ccccc3)(c3ccccc3)C(C)(C)C)CN1)[C@H](O)C2. The van der Waals surface area contributed by atoms with E-state index in [4.69, 9.17) is 4.43 Å². The quantitative estimate of drug-likeness (QED) is 0.484. The monoisotopic (exact) mass is 555 g/mol. The Labute approximate surface area is 230 Å². The molecule has 0 spiro atoms. The van der Waals surface area contributed by atoms with Crippen LogP contribution in [0.4, 0.5) is 0 Å². The van der Waals surface area contributed by atoms with Gasteiger partial charge in [0, 0.05) is 18.0 Å². The first-order chi connectivity index (χ1) is 17.8. The van der Waals surface area contributed by atoms with E-state index in [9.17, 15) is 13.5 Å². The summed E-state index contributed by atoms with van der Waals surface area (Å²) < 4.78 is 34.4. The van der Waals surface area contributed by atoms with E-state index in [1.54, 1.807) is 0 Å². The molecule has 5 rings (SSSR count). The van der Waals surface area contributed by atoms with Crippen molar-refractivity contribution in [2.45, 2.75) is 83.6 Å². The summed E-state index contributed by atoms with van der Waals surface area (Å²) in [6, 6.07) is 21.1. The lowest BCUT2D eigenvalue weighted by molar-refractivity contribution is 0.0153. The van der Waals surface area contributed by atoms with Crippen molar-refractivity contribution in [2.75, 3.05) is 18.1 Å². The Morgan fingerprint density at radius 2 is 1.58 bits per heavy atom. The van der Waals surface area contributed by atoms with Gasteiger partial charge in [-0.15, -0.1) is 0 Å². The van der Waals surface area contributed by atoms with Gasteiger partial charge in [-0.2, -0.15) is 0 Å². The molecule has 1 aliphatic heterocycles. The molecule has 2 unspecified atom stereocenters. The van der Waals surface area contributed by atoms with Crippen LogP contribution in [0.3, 0.4) is 0 Å². The topological polar surface area (TPSA) is 75.6 Å². The van der Waals surface area contributed by atoms with E-state index in [0.29, 0.717) is 18.9 Å². The molecule has 5 atom stereocenters. The van der Waals surface area contributed by atoms with Gasteiger partial charge < -0.3 is 14.8 Å². The first-order valence-corrected chi connectivity index (χ1v) is 17.9. The standard InChI is InChI=1S/C31H45NO4SSi/c1-29(2,3)38(26-12-8-6-9-13-26,27-14-10-7-11-15-27)36-25-19-24(32-20-25)21-37(34,35)22-31-17-16-23(18-28(31)33)30(31,4)5/h6-15,23-25,28,32-33H,16-22H2,1-5H3/t23?,24-,25+,28+,31?/m0/s1. The van der Waals surface area contributed by atoms with Crippen LogP contribution in [0.15, 0.2) is 60.7 Å². The van der Waals surface area contributed by atoms with Crippen LogP contribution in [-0.4, -0.2) is 58.1 Å². The molecule has 0 aromatic heterocycles. The number of aliphatic hydroxyl groups is 1. The minimum absolute atomic E-state index is 0.0657. The number of nitrogens with one attached hydrogen (secondary N) is 1. The maximum absolute atomic E-state index is 13.6. The molecular weight excluding hydrogens is 510 g/mol. The van der Waals surface area contributed by atoms with Crippen molar-refractivity contribution in [1.29, 1.82) is 0 Å². The molecule has 2 aliphatic carbocycles. The smallest absolute Gasteiger partial charge is 0.261 e. The lowest BCUT2D eigenvalue weighted by atomic mass is 9.70. The first-order valence-electron chi connectivity index (χ1n) is 14.2. The van der Waals surface area contributed by atoms with E-state index in [-0.39, 0.29) is 34.1 Å². The highest BCUT2D eigenvalue weighted by atomic mass is 32.2. The molecule has 2 bridgehead atoms. The van der Waals surface area contributed by atoms with Gasteiger partial charge >= 0.3 is 0 Å². The second-order valence-electron chi connectivity index (χ2n) is 13.7. The Morgan fingerprint density at radius 3 is 2.05 bits per heavy atom. The Morgan fingerprint density at radius 1 is 1.00 bits per heavy atom. The van der Waals surface area contributed by atoms with Gasteiger partial charge in [-0.1, -0.05) is 95.3 Å². The van der Waals surface area contributed by atoms with Crippen molar-refractivity contribution in [3.8, 4) is 0 Å². The second-order valence-corrected chi connectivity index (χ2v) is 20.0. The largest absolute Gasteiger partial charge is 0.403 e. The highest BCUT2D eigenvalue weighted by Crippen LogP contribution is 2.66. The molecule has 3 aliphatic rings. The van der Waals surface area contributed by atoms with Crippen molar-refractivity contribution in [1.82, 2.24) is 5.32 Å². The highest BCUT2D eigenvalue weighted by molar-refractivity contribution is 7.91. The van der Waals surface area contributed by atoms with Crippen molar-refractivity contribution >= 4 is 28.5 Å². The van der Waals surface area contributed by atoms with Crippen LogP contribution in [0.1, 0.15) is 60.3 Å². The summed E-state index contributed by atoms with van der Waals surface area (Å²) in [6.45, 7) is 11.8. The van der Waals surface area contributed by atoms with E-state index in [2.05, 4.69) is 88.5 Å². The molecule has 2 aromatic rings. The maximum Gasteiger partial charge on any atom is 0.261 e. The Kier molecular flexibility index (Phi) is 7.26. The molecule has 38 heavy (non-hydrogen) atoms. The molecule has 7 heteroatoms. The van der Waals surface area contributed by atoms with Crippen LogP contribution in [0, 0.1) is 16.7 Å². The third-order valence-corrected chi connectivity index (χ3v) is 17.2. The predicted octanol–water partition coefficient (Wildman–Crippen LogP) is 3.90. The van der Waals surface area contributed by atoms with Gasteiger partial charge in [0.1, 0.15) is 0 Å². The van der Waals surface area contributed by atoms with E-state index in [1.165, 1.54) is 10.4 Å². The van der Waals surface area contributed by atoms with E-state index in [0.717, 1.165) is 19.3 Å². The lowest BCUT2D eigenvalue weighted by Gasteiger charge is -2.44. The fourth-order valence-electron chi connectivity index (χ4n) is 8.08. The van der Waals surface area contributed by atoms with Crippen LogP contribution in [0.2, 0.25) is 5.04 Å². The summed E-state index contributed by atoms with van der Waals surface area (Å²) in [4.78, 5) is 0. The van der Waals surface area contributed by atoms with Gasteiger partial charge in [0.25, 0.3) is 8.32 Å². The zero-order chi connectivity index (χ0) is 27.4. The Bertz CT molecular complexity index is 1190. The van der Waals surface area contributed by atoms with Gasteiger partial charge in [-0.3, -0.25) is 0 Å². The number of rotatable bonds is 8. The second kappa shape index (κ2) is 9.84. The van der Waals surface area contributed by atoms with E-state index < -0.39 is 29.7 Å². The van der Waals surface area contributed by atoms with Crippen molar-refractivity contribution in [3.63, 3.8) is 0 Å². The number of aliphatic hydroxyl groups excluding tert-OH is 1. The lowest BCUT2D eigenvalue weighted by Crippen LogP contribution is -2.67. The molecule has 2 saturated carbocycles. The van der Waals surface area contributed by atoms with Crippen molar-refractivity contribution < 1.29 is 18.0 Å². The zero-order valence-corrected chi connectivity index (χ0v) is 25.4. The van der Waals surface area contributed by atoms with Crippen LogP contribution in [0.25, 0.3) is 0 Å². The molecule has 3 fully saturated rings.